The predicted molar refractivity (Wildman–Crippen MR) is 76.4 cm³/mol. The molecule has 0 saturated heterocycles. The number of ether oxygens (including phenoxy) is 2. The van der Waals surface area contributed by atoms with Gasteiger partial charge in [0.05, 0.1) is 7.11 Å². The van der Waals surface area contributed by atoms with Crippen LogP contribution in [0.1, 0.15) is 15.9 Å². The molecular formula is C14H11Cl2NO3. The minimum Gasteiger partial charge on any atom is -0.488 e. The molecule has 0 amide bonds. The molecular weight excluding hydrogens is 301 g/mol. The lowest BCUT2D eigenvalue weighted by Gasteiger charge is -2.10. The predicted octanol–water partition coefficient (Wildman–Crippen LogP) is 3.75. The standard InChI is InChI=1S/C14H11Cl2NO3/c1-19-14(18)10-4-2-3-5-11(10)20-8-9-6-12(15)17-13(16)7-9/h2-7H,8H2,1H3. The Balaban J connectivity index is 2.16. The fraction of sp³-hybridized carbons (Fsp3) is 0.143. The number of pyridine rings is 1. The number of para-hydroxylation sites is 1. The molecule has 6 heteroatoms. The maximum absolute atomic E-state index is 11.6. The summed E-state index contributed by atoms with van der Waals surface area (Å²) in [5, 5.41) is 0.578. The summed E-state index contributed by atoms with van der Waals surface area (Å²) in [5.74, 6) is -0.0187. The van der Waals surface area contributed by atoms with Crippen LogP contribution in [0, 0.1) is 0 Å². The van der Waals surface area contributed by atoms with Crippen molar-refractivity contribution in [2.45, 2.75) is 6.61 Å². The molecule has 104 valence electrons. The second kappa shape index (κ2) is 6.59. The zero-order chi connectivity index (χ0) is 14.5. The Hall–Kier alpha value is -1.78. The number of halogens is 2. The molecule has 20 heavy (non-hydrogen) atoms. The van der Waals surface area contributed by atoms with Crippen LogP contribution in [0.5, 0.6) is 5.75 Å². The summed E-state index contributed by atoms with van der Waals surface area (Å²) in [6.45, 7) is 0.218. The van der Waals surface area contributed by atoms with Gasteiger partial charge in [0, 0.05) is 0 Å². The molecule has 0 aliphatic carbocycles. The summed E-state index contributed by atoms with van der Waals surface area (Å²) in [7, 11) is 1.32. The molecule has 0 atom stereocenters. The SMILES string of the molecule is COC(=O)c1ccccc1OCc1cc(Cl)nc(Cl)c1. The molecule has 0 N–H and O–H groups in total. The molecule has 0 unspecified atom stereocenters. The first-order valence-corrected chi connectivity index (χ1v) is 6.48. The van der Waals surface area contributed by atoms with Crippen molar-refractivity contribution in [2.24, 2.45) is 0 Å². The van der Waals surface area contributed by atoms with Crippen molar-refractivity contribution >= 4 is 29.2 Å². The van der Waals surface area contributed by atoms with Gasteiger partial charge in [-0.25, -0.2) is 9.78 Å². The highest BCUT2D eigenvalue weighted by Crippen LogP contribution is 2.21. The van der Waals surface area contributed by atoms with Crippen molar-refractivity contribution in [3.8, 4) is 5.75 Å². The van der Waals surface area contributed by atoms with Crippen molar-refractivity contribution in [2.75, 3.05) is 7.11 Å². The normalized spacial score (nSPS) is 10.2. The van der Waals surface area contributed by atoms with E-state index in [1.54, 1.807) is 36.4 Å². The lowest BCUT2D eigenvalue weighted by molar-refractivity contribution is 0.0595. The highest BCUT2D eigenvalue weighted by molar-refractivity contribution is 6.32. The molecule has 0 aliphatic rings. The van der Waals surface area contributed by atoms with E-state index < -0.39 is 5.97 Å². The molecule has 0 bridgehead atoms. The van der Waals surface area contributed by atoms with Gasteiger partial charge >= 0.3 is 5.97 Å². The number of esters is 1. The largest absolute Gasteiger partial charge is 0.488 e. The lowest BCUT2D eigenvalue weighted by Crippen LogP contribution is -2.05. The highest BCUT2D eigenvalue weighted by atomic mass is 35.5. The number of hydrogen-bond acceptors (Lipinski definition) is 4. The number of nitrogens with zero attached hydrogens (tertiary/aromatic N) is 1. The van der Waals surface area contributed by atoms with Gasteiger partial charge in [-0.15, -0.1) is 0 Å². The van der Waals surface area contributed by atoms with Crippen molar-refractivity contribution in [1.29, 1.82) is 0 Å². The van der Waals surface area contributed by atoms with E-state index in [1.165, 1.54) is 7.11 Å². The third-order valence-corrected chi connectivity index (χ3v) is 2.90. The van der Waals surface area contributed by atoms with Crippen LogP contribution in [-0.2, 0) is 11.3 Å². The van der Waals surface area contributed by atoms with Crippen LogP contribution in [-0.4, -0.2) is 18.1 Å². The Labute approximate surface area is 126 Å². The molecule has 1 heterocycles. The topological polar surface area (TPSA) is 48.4 Å². The van der Waals surface area contributed by atoms with E-state index in [9.17, 15) is 4.79 Å². The quantitative estimate of drug-likeness (QED) is 0.637. The highest BCUT2D eigenvalue weighted by Gasteiger charge is 2.12. The minimum atomic E-state index is -0.452. The molecule has 1 aromatic carbocycles. The Morgan fingerprint density at radius 1 is 1.20 bits per heavy atom. The monoisotopic (exact) mass is 311 g/mol. The molecule has 0 aliphatic heterocycles. The summed E-state index contributed by atoms with van der Waals surface area (Å²) in [6.07, 6.45) is 0. The van der Waals surface area contributed by atoms with E-state index >= 15 is 0 Å². The van der Waals surface area contributed by atoms with Crippen LogP contribution in [0.25, 0.3) is 0 Å². The zero-order valence-electron chi connectivity index (χ0n) is 10.6. The van der Waals surface area contributed by atoms with Crippen molar-refractivity contribution in [3.63, 3.8) is 0 Å². The molecule has 4 nitrogen and oxygen atoms in total. The minimum absolute atomic E-state index is 0.218. The summed E-state index contributed by atoms with van der Waals surface area (Å²) in [6, 6.07) is 10.1. The van der Waals surface area contributed by atoms with Crippen LogP contribution >= 0.6 is 23.2 Å². The number of benzene rings is 1. The molecule has 0 spiro atoms. The van der Waals surface area contributed by atoms with Gasteiger partial charge in [0.25, 0.3) is 0 Å². The van der Waals surface area contributed by atoms with Gasteiger partial charge in [0.2, 0.25) is 0 Å². The van der Waals surface area contributed by atoms with Gasteiger partial charge in [-0.3, -0.25) is 0 Å². The Morgan fingerprint density at radius 3 is 2.50 bits per heavy atom. The Morgan fingerprint density at radius 2 is 1.85 bits per heavy atom. The summed E-state index contributed by atoms with van der Waals surface area (Å²) < 4.78 is 10.3. The van der Waals surface area contributed by atoms with Gasteiger partial charge in [-0.1, -0.05) is 35.3 Å². The molecule has 2 rings (SSSR count). The maximum atomic E-state index is 11.6. The smallest absolute Gasteiger partial charge is 0.341 e. The van der Waals surface area contributed by atoms with Crippen LogP contribution in [0.2, 0.25) is 10.3 Å². The van der Waals surface area contributed by atoms with Gasteiger partial charge in [-0.05, 0) is 29.8 Å². The van der Waals surface area contributed by atoms with Crippen LogP contribution < -0.4 is 4.74 Å². The van der Waals surface area contributed by atoms with E-state index in [2.05, 4.69) is 4.98 Å². The first kappa shape index (κ1) is 14.6. The molecule has 0 fully saturated rings. The van der Waals surface area contributed by atoms with Crippen LogP contribution in [0.4, 0.5) is 0 Å². The Bertz CT molecular complexity index is 611. The lowest BCUT2D eigenvalue weighted by atomic mass is 10.2. The van der Waals surface area contributed by atoms with Crippen LogP contribution in [0.3, 0.4) is 0 Å². The van der Waals surface area contributed by atoms with Gasteiger partial charge in [0.1, 0.15) is 28.2 Å². The van der Waals surface area contributed by atoms with Crippen molar-refractivity contribution in [3.05, 3.63) is 57.8 Å². The number of carbonyl (C=O) groups is 1. The number of aromatic nitrogens is 1. The van der Waals surface area contributed by atoms with Crippen molar-refractivity contribution in [1.82, 2.24) is 4.98 Å². The first-order valence-electron chi connectivity index (χ1n) is 5.72. The third kappa shape index (κ3) is 3.62. The second-order valence-corrected chi connectivity index (χ2v) is 4.67. The van der Waals surface area contributed by atoms with E-state index in [-0.39, 0.29) is 16.9 Å². The number of rotatable bonds is 4. The van der Waals surface area contributed by atoms with Gasteiger partial charge in [0.15, 0.2) is 0 Å². The summed E-state index contributed by atoms with van der Waals surface area (Å²) >= 11 is 11.6. The van der Waals surface area contributed by atoms with Crippen LogP contribution in [0.15, 0.2) is 36.4 Å². The zero-order valence-corrected chi connectivity index (χ0v) is 12.1. The summed E-state index contributed by atoms with van der Waals surface area (Å²) in [5.41, 5.74) is 1.12. The average Bonchev–Trinajstić information content (AvgIpc) is 2.43. The summed E-state index contributed by atoms with van der Waals surface area (Å²) in [4.78, 5) is 15.4. The van der Waals surface area contributed by atoms with Gasteiger partial charge in [-0.2, -0.15) is 0 Å². The Kier molecular flexibility index (Phi) is 4.82. The van der Waals surface area contributed by atoms with E-state index in [0.29, 0.717) is 11.3 Å². The number of hydrogen-bond donors (Lipinski definition) is 0. The molecule has 1 aromatic heterocycles. The van der Waals surface area contributed by atoms with E-state index in [0.717, 1.165) is 5.56 Å². The van der Waals surface area contributed by atoms with Crippen molar-refractivity contribution < 1.29 is 14.3 Å². The number of carbonyl (C=O) groups excluding carboxylic acids is 1. The average molecular weight is 312 g/mol. The number of methoxy groups -OCH3 is 1. The fourth-order valence-corrected chi connectivity index (χ4v) is 2.14. The molecule has 0 saturated carbocycles. The van der Waals surface area contributed by atoms with Gasteiger partial charge < -0.3 is 9.47 Å². The fourth-order valence-electron chi connectivity index (χ4n) is 1.63. The molecule has 2 aromatic rings. The second-order valence-electron chi connectivity index (χ2n) is 3.90. The van der Waals surface area contributed by atoms with E-state index in [4.69, 9.17) is 32.7 Å². The maximum Gasteiger partial charge on any atom is 0.341 e. The first-order chi connectivity index (χ1) is 9.60. The third-order valence-electron chi connectivity index (χ3n) is 2.51. The van der Waals surface area contributed by atoms with E-state index in [1.807, 2.05) is 0 Å². The molecule has 0 radical (unpaired) electrons.